The Hall–Kier alpha value is -3.94. The molecule has 3 atom stereocenters. The highest BCUT2D eigenvalue weighted by Gasteiger charge is 2.34. The number of ether oxygens (including phenoxy) is 1. The molecule has 1 aliphatic heterocycles. The Morgan fingerprint density at radius 1 is 1.05 bits per heavy atom. The number of amides is 2. The first-order valence-corrected chi connectivity index (χ1v) is 13.8. The zero-order valence-corrected chi connectivity index (χ0v) is 23.6. The molecule has 0 unspecified atom stereocenters. The van der Waals surface area contributed by atoms with Gasteiger partial charge in [-0.3, -0.25) is 9.59 Å². The molecule has 3 aromatic carbocycles. The minimum Gasteiger partial charge on any atom is -0.394 e. The predicted octanol–water partition coefficient (Wildman–Crippen LogP) is 4.98. The smallest absolute Gasteiger partial charge is 0.271 e. The van der Waals surface area contributed by atoms with Crippen LogP contribution in [0.1, 0.15) is 40.3 Å². The standard InChI is InChI=1S/C33H37N3O4/c1-22-18-36(23(2)20-37)33(39)31-30(27-16-10-11-17-28(27)35(31)4)26-15-9-8-14-25(26)21-40-29(22)19-34(3)32(38)24-12-6-5-7-13-24/h5-17,22-23,29,37H,18-21H2,1-4H3/t22-,23+,29+/m1/s1. The van der Waals surface area contributed by atoms with Gasteiger partial charge in [0.1, 0.15) is 5.69 Å². The lowest BCUT2D eigenvalue weighted by molar-refractivity contribution is -0.0210. The lowest BCUT2D eigenvalue weighted by atomic mass is 9.96. The fraction of sp³-hybridized carbons (Fsp3) is 0.333. The summed E-state index contributed by atoms with van der Waals surface area (Å²) >= 11 is 0. The molecule has 0 saturated heterocycles. The number of carbonyl (C=O) groups is 2. The van der Waals surface area contributed by atoms with Gasteiger partial charge >= 0.3 is 0 Å². The number of aliphatic hydroxyl groups excluding tert-OH is 1. The molecule has 2 amide bonds. The molecule has 5 rings (SSSR count). The summed E-state index contributed by atoms with van der Waals surface area (Å²) in [6, 6.07) is 24.9. The van der Waals surface area contributed by atoms with Gasteiger partial charge in [-0.05, 0) is 36.2 Å². The predicted molar refractivity (Wildman–Crippen MR) is 157 cm³/mol. The van der Waals surface area contributed by atoms with Crippen LogP contribution in [0.4, 0.5) is 0 Å². The second-order valence-corrected chi connectivity index (χ2v) is 10.8. The van der Waals surface area contributed by atoms with Gasteiger partial charge in [0.05, 0.1) is 25.4 Å². The van der Waals surface area contributed by atoms with Crippen LogP contribution in [0.3, 0.4) is 0 Å². The van der Waals surface area contributed by atoms with Crippen LogP contribution in [0.2, 0.25) is 0 Å². The highest BCUT2D eigenvalue weighted by molar-refractivity contribution is 6.10. The van der Waals surface area contributed by atoms with Gasteiger partial charge in [0.2, 0.25) is 0 Å². The Balaban J connectivity index is 1.60. The monoisotopic (exact) mass is 539 g/mol. The Labute approximate surface area is 235 Å². The van der Waals surface area contributed by atoms with Crippen LogP contribution < -0.4 is 0 Å². The molecule has 208 valence electrons. The summed E-state index contributed by atoms with van der Waals surface area (Å²) in [5, 5.41) is 11.2. The van der Waals surface area contributed by atoms with Crippen molar-refractivity contribution in [2.45, 2.75) is 32.6 Å². The highest BCUT2D eigenvalue weighted by atomic mass is 16.5. The summed E-state index contributed by atoms with van der Waals surface area (Å²) in [5.41, 5.74) is 4.98. The van der Waals surface area contributed by atoms with E-state index in [1.165, 1.54) is 0 Å². The van der Waals surface area contributed by atoms with Crippen LogP contribution in [-0.4, -0.2) is 70.2 Å². The first-order chi connectivity index (χ1) is 19.3. The van der Waals surface area contributed by atoms with E-state index in [4.69, 9.17) is 4.74 Å². The summed E-state index contributed by atoms with van der Waals surface area (Å²) in [5.74, 6) is -0.333. The first-order valence-electron chi connectivity index (χ1n) is 13.8. The number of carbonyl (C=O) groups excluding carboxylic acids is 2. The second kappa shape index (κ2) is 11.7. The molecule has 0 aliphatic carbocycles. The number of nitrogens with zero attached hydrogens (tertiary/aromatic N) is 3. The molecule has 0 fully saturated rings. The van der Waals surface area contributed by atoms with Crippen LogP contribution in [0, 0.1) is 5.92 Å². The van der Waals surface area contributed by atoms with Crippen molar-refractivity contribution in [2.75, 3.05) is 26.7 Å². The topological polar surface area (TPSA) is 75.0 Å². The number of aryl methyl sites for hydroxylation is 1. The maximum atomic E-state index is 14.4. The van der Waals surface area contributed by atoms with Gasteiger partial charge < -0.3 is 24.2 Å². The molecule has 0 spiro atoms. The molecule has 0 bridgehead atoms. The number of fused-ring (bicyclic) bond motifs is 5. The van der Waals surface area contributed by atoms with Crippen LogP contribution >= 0.6 is 0 Å². The van der Waals surface area contributed by atoms with Crippen molar-refractivity contribution in [3.8, 4) is 11.1 Å². The molecule has 1 aromatic heterocycles. The minimum absolute atomic E-state index is 0.0818. The van der Waals surface area contributed by atoms with Crippen LogP contribution in [0.25, 0.3) is 22.0 Å². The van der Waals surface area contributed by atoms with E-state index >= 15 is 0 Å². The summed E-state index contributed by atoms with van der Waals surface area (Å²) in [4.78, 5) is 31.0. The highest BCUT2D eigenvalue weighted by Crippen LogP contribution is 2.38. The fourth-order valence-electron chi connectivity index (χ4n) is 5.68. The van der Waals surface area contributed by atoms with Crippen molar-refractivity contribution in [1.29, 1.82) is 0 Å². The third-order valence-corrected chi connectivity index (χ3v) is 8.05. The van der Waals surface area contributed by atoms with E-state index in [0.29, 0.717) is 31.0 Å². The molecule has 4 aromatic rings. The summed E-state index contributed by atoms with van der Waals surface area (Å²) in [7, 11) is 3.71. The van der Waals surface area contributed by atoms with Gasteiger partial charge in [0, 0.05) is 55.1 Å². The zero-order valence-electron chi connectivity index (χ0n) is 23.6. The first kappa shape index (κ1) is 27.6. The number of benzene rings is 3. The average molecular weight is 540 g/mol. The van der Waals surface area contributed by atoms with Crippen molar-refractivity contribution in [2.24, 2.45) is 13.0 Å². The maximum Gasteiger partial charge on any atom is 0.271 e. The van der Waals surface area contributed by atoms with E-state index in [1.54, 1.807) is 16.8 Å². The Bertz CT molecular complexity index is 1510. The molecule has 7 nitrogen and oxygen atoms in total. The van der Waals surface area contributed by atoms with Gasteiger partial charge in [0.25, 0.3) is 11.8 Å². The molecule has 7 heteroatoms. The quantitative estimate of drug-likeness (QED) is 0.388. The van der Waals surface area contributed by atoms with E-state index < -0.39 is 6.04 Å². The molecule has 1 N–H and O–H groups in total. The second-order valence-electron chi connectivity index (χ2n) is 10.8. The van der Waals surface area contributed by atoms with Gasteiger partial charge in [-0.15, -0.1) is 0 Å². The molecular weight excluding hydrogens is 502 g/mol. The van der Waals surface area contributed by atoms with E-state index in [9.17, 15) is 14.7 Å². The Kier molecular flexibility index (Phi) is 8.05. The van der Waals surface area contributed by atoms with Crippen LogP contribution in [0.15, 0.2) is 78.9 Å². The van der Waals surface area contributed by atoms with Gasteiger partial charge in [-0.1, -0.05) is 67.6 Å². The molecule has 0 saturated carbocycles. The summed E-state index contributed by atoms with van der Waals surface area (Å²) < 4.78 is 8.57. The minimum atomic E-state index is -0.402. The van der Waals surface area contributed by atoms with Crippen molar-refractivity contribution < 1.29 is 19.4 Å². The molecule has 2 heterocycles. The Morgan fingerprint density at radius 2 is 1.73 bits per heavy atom. The number of aliphatic hydroxyl groups is 1. The SMILES string of the molecule is C[C@@H]1CN([C@@H](C)CO)C(=O)c2c(c3ccccc3n2C)-c2ccccc2CO[C@H]1CN(C)C(=O)c1ccccc1. The van der Waals surface area contributed by atoms with Crippen molar-refractivity contribution in [1.82, 2.24) is 14.4 Å². The van der Waals surface area contributed by atoms with E-state index in [1.807, 2.05) is 104 Å². The zero-order chi connectivity index (χ0) is 28.4. The van der Waals surface area contributed by atoms with Crippen LogP contribution in [-0.2, 0) is 18.4 Å². The number of hydrogen-bond donors (Lipinski definition) is 1. The number of para-hydroxylation sites is 1. The molecular formula is C33H37N3O4. The maximum absolute atomic E-state index is 14.4. The number of aromatic nitrogens is 1. The average Bonchev–Trinajstić information content (AvgIpc) is 3.28. The third-order valence-electron chi connectivity index (χ3n) is 8.05. The number of likely N-dealkylation sites (N-methyl/N-ethyl adjacent to an activating group) is 1. The van der Waals surface area contributed by atoms with Gasteiger partial charge in [-0.25, -0.2) is 0 Å². The van der Waals surface area contributed by atoms with Gasteiger partial charge in [0.15, 0.2) is 0 Å². The van der Waals surface area contributed by atoms with Crippen molar-refractivity contribution in [3.05, 3.63) is 95.7 Å². The Morgan fingerprint density at radius 3 is 2.48 bits per heavy atom. The molecule has 40 heavy (non-hydrogen) atoms. The normalized spacial score (nSPS) is 18.5. The summed E-state index contributed by atoms with van der Waals surface area (Å²) in [6.45, 7) is 4.82. The number of rotatable bonds is 5. The number of hydrogen-bond acceptors (Lipinski definition) is 4. The van der Waals surface area contributed by atoms with E-state index in [0.717, 1.165) is 27.6 Å². The third kappa shape index (κ3) is 5.15. The van der Waals surface area contributed by atoms with E-state index in [2.05, 4.69) is 0 Å². The lowest BCUT2D eigenvalue weighted by Crippen LogP contribution is -2.48. The van der Waals surface area contributed by atoms with E-state index in [-0.39, 0.29) is 30.4 Å². The van der Waals surface area contributed by atoms with Crippen molar-refractivity contribution >= 4 is 22.7 Å². The summed E-state index contributed by atoms with van der Waals surface area (Å²) in [6.07, 6.45) is -0.343. The largest absolute Gasteiger partial charge is 0.394 e. The van der Waals surface area contributed by atoms with Crippen LogP contribution in [0.5, 0.6) is 0 Å². The molecule has 1 aliphatic rings. The van der Waals surface area contributed by atoms with Gasteiger partial charge in [-0.2, -0.15) is 0 Å². The van der Waals surface area contributed by atoms with Crippen molar-refractivity contribution in [3.63, 3.8) is 0 Å². The lowest BCUT2D eigenvalue weighted by Gasteiger charge is -2.35. The molecule has 0 radical (unpaired) electrons. The fourth-order valence-corrected chi connectivity index (χ4v) is 5.68.